The van der Waals surface area contributed by atoms with Gasteiger partial charge in [0.25, 0.3) is 0 Å². The summed E-state index contributed by atoms with van der Waals surface area (Å²) in [6.45, 7) is 8.75. The Hall–Kier alpha value is -0.860. The Labute approximate surface area is 66.8 Å². The molecule has 0 amide bonds. The highest BCUT2D eigenvalue weighted by molar-refractivity contribution is 4.77. The highest BCUT2D eigenvalue weighted by atomic mass is 19.1. The van der Waals surface area contributed by atoms with Gasteiger partial charge in [-0.15, -0.1) is 0 Å². The summed E-state index contributed by atoms with van der Waals surface area (Å²) in [5.41, 5.74) is 0.500. The largest absolute Gasteiger partial charge is 0.253 e. The van der Waals surface area contributed by atoms with Gasteiger partial charge in [-0.1, -0.05) is 27.7 Å². The molecule has 0 fully saturated rings. The van der Waals surface area contributed by atoms with Gasteiger partial charge in [-0.3, -0.25) is 5.10 Å². The van der Waals surface area contributed by atoms with E-state index in [1.54, 1.807) is 0 Å². The molecule has 3 heteroatoms. The number of rotatable bonds is 0. The number of aromatic nitrogens is 2. The SMILES string of the molecule is CC(C)(C)C.Fc1ccn[nH]1. The summed E-state index contributed by atoms with van der Waals surface area (Å²) in [5.74, 6) is -0.394. The fraction of sp³-hybridized carbons (Fsp3) is 0.625. The first-order chi connectivity index (χ1) is 4.89. The third-order valence-electron chi connectivity index (χ3n) is 0.467. The van der Waals surface area contributed by atoms with E-state index in [0.717, 1.165) is 0 Å². The van der Waals surface area contributed by atoms with Crippen LogP contribution < -0.4 is 0 Å². The number of nitrogens with one attached hydrogen (secondary N) is 1. The van der Waals surface area contributed by atoms with Gasteiger partial charge in [-0.25, -0.2) is 0 Å². The zero-order chi connectivity index (χ0) is 8.91. The molecule has 0 saturated carbocycles. The second-order valence-corrected chi connectivity index (χ2v) is 3.90. The first-order valence-electron chi connectivity index (χ1n) is 3.54. The van der Waals surface area contributed by atoms with Crippen molar-refractivity contribution >= 4 is 0 Å². The van der Waals surface area contributed by atoms with Gasteiger partial charge in [0.1, 0.15) is 0 Å². The molecule has 0 unspecified atom stereocenters. The fourth-order valence-electron chi connectivity index (χ4n) is 0.239. The lowest BCUT2D eigenvalue weighted by Gasteiger charge is -2.05. The summed E-state index contributed by atoms with van der Waals surface area (Å²) in [6, 6.07) is 1.25. The highest BCUT2D eigenvalue weighted by Gasteiger charge is 1.95. The first kappa shape index (κ1) is 10.1. The summed E-state index contributed by atoms with van der Waals surface area (Å²) in [7, 11) is 0. The second kappa shape index (κ2) is 4.11. The average molecular weight is 158 g/mol. The standard InChI is InChI=1S/C5H12.C3H3FN2/c1-5(2,3)4;4-3-1-2-5-6-3/h1-4H3;1-2H,(H,5,6). The second-order valence-electron chi connectivity index (χ2n) is 3.90. The Morgan fingerprint density at radius 1 is 1.36 bits per heavy atom. The maximum absolute atomic E-state index is 11.5. The molecule has 0 atom stereocenters. The zero-order valence-corrected chi connectivity index (χ0v) is 7.48. The van der Waals surface area contributed by atoms with Gasteiger partial charge in [0.15, 0.2) is 0 Å². The summed E-state index contributed by atoms with van der Waals surface area (Å²) >= 11 is 0. The van der Waals surface area contributed by atoms with E-state index in [1.165, 1.54) is 12.3 Å². The highest BCUT2D eigenvalue weighted by Crippen LogP contribution is 2.08. The predicted octanol–water partition coefficient (Wildman–Crippen LogP) is 2.60. The lowest BCUT2D eigenvalue weighted by Crippen LogP contribution is -1.93. The van der Waals surface area contributed by atoms with Crippen molar-refractivity contribution in [3.8, 4) is 0 Å². The number of nitrogens with zero attached hydrogens (tertiary/aromatic N) is 1. The van der Waals surface area contributed by atoms with E-state index in [0.29, 0.717) is 5.41 Å². The summed E-state index contributed by atoms with van der Waals surface area (Å²) in [6.07, 6.45) is 1.36. The molecular formula is C8H15FN2. The quantitative estimate of drug-likeness (QED) is 0.617. The van der Waals surface area contributed by atoms with Crippen LogP contribution in [0.3, 0.4) is 0 Å². The lowest BCUT2D eigenvalue weighted by atomic mass is 10.0. The molecule has 1 N–H and O–H groups in total. The molecule has 0 aromatic carbocycles. The summed E-state index contributed by atoms with van der Waals surface area (Å²) in [5, 5.41) is 5.41. The molecule has 0 aliphatic carbocycles. The van der Waals surface area contributed by atoms with E-state index in [2.05, 4.69) is 37.9 Å². The van der Waals surface area contributed by atoms with Crippen molar-refractivity contribution in [3.63, 3.8) is 0 Å². The molecule has 0 aliphatic heterocycles. The van der Waals surface area contributed by atoms with Crippen molar-refractivity contribution in [2.45, 2.75) is 27.7 Å². The number of hydrogen-bond donors (Lipinski definition) is 1. The van der Waals surface area contributed by atoms with Crippen LogP contribution in [0.15, 0.2) is 12.3 Å². The molecular weight excluding hydrogens is 143 g/mol. The first-order valence-corrected chi connectivity index (χ1v) is 3.54. The van der Waals surface area contributed by atoms with Crippen LogP contribution in [0, 0.1) is 11.4 Å². The van der Waals surface area contributed by atoms with Gasteiger partial charge < -0.3 is 0 Å². The molecule has 0 radical (unpaired) electrons. The number of aromatic amines is 1. The number of hydrogen-bond acceptors (Lipinski definition) is 1. The van der Waals surface area contributed by atoms with Crippen LogP contribution in [0.25, 0.3) is 0 Å². The third kappa shape index (κ3) is 12.4. The average Bonchev–Trinajstić information content (AvgIpc) is 2.12. The minimum absolute atomic E-state index is 0.394. The normalized spacial score (nSPS) is 10.3. The molecule has 1 aromatic rings. The maximum atomic E-state index is 11.5. The van der Waals surface area contributed by atoms with Crippen molar-refractivity contribution in [2.24, 2.45) is 5.41 Å². The topological polar surface area (TPSA) is 28.7 Å². The van der Waals surface area contributed by atoms with Gasteiger partial charge in [-0.2, -0.15) is 9.49 Å². The molecule has 1 heterocycles. The Bertz CT molecular complexity index is 168. The van der Waals surface area contributed by atoms with Crippen molar-refractivity contribution in [3.05, 3.63) is 18.2 Å². The van der Waals surface area contributed by atoms with Crippen LogP contribution >= 0.6 is 0 Å². The molecule has 1 aromatic heterocycles. The van der Waals surface area contributed by atoms with E-state index >= 15 is 0 Å². The molecule has 0 aliphatic rings. The maximum Gasteiger partial charge on any atom is 0.208 e. The fourth-order valence-corrected chi connectivity index (χ4v) is 0.239. The van der Waals surface area contributed by atoms with E-state index in [-0.39, 0.29) is 0 Å². The van der Waals surface area contributed by atoms with Crippen molar-refractivity contribution < 1.29 is 4.39 Å². The molecule has 2 nitrogen and oxygen atoms in total. The minimum atomic E-state index is -0.394. The minimum Gasteiger partial charge on any atom is -0.253 e. The van der Waals surface area contributed by atoms with Crippen LogP contribution in [-0.2, 0) is 0 Å². The molecule has 11 heavy (non-hydrogen) atoms. The Balaban J connectivity index is 0.000000187. The van der Waals surface area contributed by atoms with Crippen LogP contribution in [0.4, 0.5) is 4.39 Å². The van der Waals surface area contributed by atoms with Gasteiger partial charge in [0.05, 0.1) is 6.20 Å². The molecule has 0 bridgehead atoms. The number of halogens is 1. The third-order valence-corrected chi connectivity index (χ3v) is 0.467. The number of H-pyrrole nitrogens is 1. The van der Waals surface area contributed by atoms with Crippen molar-refractivity contribution in [1.82, 2.24) is 10.2 Å². The van der Waals surface area contributed by atoms with E-state index in [1.807, 2.05) is 0 Å². The van der Waals surface area contributed by atoms with Crippen molar-refractivity contribution in [2.75, 3.05) is 0 Å². The van der Waals surface area contributed by atoms with E-state index in [9.17, 15) is 4.39 Å². The van der Waals surface area contributed by atoms with E-state index in [4.69, 9.17) is 0 Å². The Kier molecular flexibility index (Phi) is 3.79. The molecule has 64 valence electrons. The van der Waals surface area contributed by atoms with Crippen LogP contribution in [0.2, 0.25) is 0 Å². The molecule has 0 saturated heterocycles. The van der Waals surface area contributed by atoms with Crippen LogP contribution in [0.5, 0.6) is 0 Å². The zero-order valence-electron chi connectivity index (χ0n) is 7.48. The molecule has 1 rings (SSSR count). The smallest absolute Gasteiger partial charge is 0.208 e. The summed E-state index contributed by atoms with van der Waals surface area (Å²) < 4.78 is 11.5. The Morgan fingerprint density at radius 3 is 1.91 bits per heavy atom. The summed E-state index contributed by atoms with van der Waals surface area (Å²) in [4.78, 5) is 0. The van der Waals surface area contributed by atoms with Gasteiger partial charge >= 0.3 is 0 Å². The van der Waals surface area contributed by atoms with Gasteiger partial charge in [0, 0.05) is 6.07 Å². The van der Waals surface area contributed by atoms with Crippen molar-refractivity contribution in [1.29, 1.82) is 0 Å². The molecule has 0 spiro atoms. The van der Waals surface area contributed by atoms with E-state index < -0.39 is 5.95 Å². The monoisotopic (exact) mass is 158 g/mol. The van der Waals surface area contributed by atoms with Gasteiger partial charge in [-0.05, 0) is 5.41 Å². The van der Waals surface area contributed by atoms with Gasteiger partial charge in [0.2, 0.25) is 5.95 Å². The van der Waals surface area contributed by atoms with Crippen LogP contribution in [0.1, 0.15) is 27.7 Å². The van der Waals surface area contributed by atoms with Crippen LogP contribution in [-0.4, -0.2) is 10.2 Å². The Morgan fingerprint density at radius 2 is 1.82 bits per heavy atom. The lowest BCUT2D eigenvalue weighted by molar-refractivity contribution is 0.469. The predicted molar refractivity (Wildman–Crippen MR) is 43.7 cm³/mol.